The number of amides is 1. The van der Waals surface area contributed by atoms with Crippen LogP contribution in [0.25, 0.3) is 0 Å². The largest absolute Gasteiger partial charge is 0.506 e. The molecule has 0 heterocycles. The van der Waals surface area contributed by atoms with Gasteiger partial charge >= 0.3 is 5.69 Å². The fourth-order valence-electron chi connectivity index (χ4n) is 1.81. The van der Waals surface area contributed by atoms with Crippen molar-refractivity contribution in [2.45, 2.75) is 6.92 Å². The van der Waals surface area contributed by atoms with Gasteiger partial charge in [-0.1, -0.05) is 18.2 Å². The number of nitro benzene ring substituents is 1. The van der Waals surface area contributed by atoms with Gasteiger partial charge in [-0.05, 0) is 30.7 Å². The molecule has 7 nitrogen and oxygen atoms in total. The van der Waals surface area contributed by atoms with Gasteiger partial charge in [0, 0.05) is 6.07 Å². The number of nitro groups is 1. The number of phenols is 1. The van der Waals surface area contributed by atoms with Crippen molar-refractivity contribution in [1.29, 1.82) is 0 Å². The predicted molar refractivity (Wildman–Crippen MR) is 80.1 cm³/mol. The van der Waals surface area contributed by atoms with Gasteiger partial charge in [-0.25, -0.2) is 0 Å². The normalized spacial score (nSPS) is 10.0. The van der Waals surface area contributed by atoms with Crippen molar-refractivity contribution in [3.05, 3.63) is 58.1 Å². The lowest BCUT2D eigenvalue weighted by atomic mass is 10.2. The number of hydrogen-bond donors (Lipinski definition) is 2. The number of aryl methyl sites for hydroxylation is 1. The number of phenolic OH excluding ortho intramolecular Hbond substituents is 1. The SMILES string of the molecule is Cc1ccc(NC(=O)COc2ccccc2[N+](=O)[O-])c(O)c1. The second-order valence-corrected chi connectivity index (χ2v) is 4.58. The zero-order valence-electron chi connectivity index (χ0n) is 11.8. The summed E-state index contributed by atoms with van der Waals surface area (Å²) in [6.45, 7) is 1.40. The Labute approximate surface area is 126 Å². The van der Waals surface area contributed by atoms with Crippen molar-refractivity contribution >= 4 is 17.3 Å². The quantitative estimate of drug-likeness (QED) is 0.502. The third-order valence-electron chi connectivity index (χ3n) is 2.85. The summed E-state index contributed by atoms with van der Waals surface area (Å²) in [7, 11) is 0. The zero-order valence-corrected chi connectivity index (χ0v) is 11.8. The first-order chi connectivity index (χ1) is 10.5. The van der Waals surface area contributed by atoms with E-state index in [1.165, 1.54) is 24.3 Å². The second-order valence-electron chi connectivity index (χ2n) is 4.58. The Morgan fingerprint density at radius 1 is 1.32 bits per heavy atom. The van der Waals surface area contributed by atoms with Gasteiger partial charge in [-0.15, -0.1) is 0 Å². The van der Waals surface area contributed by atoms with Gasteiger partial charge in [0.25, 0.3) is 5.91 Å². The van der Waals surface area contributed by atoms with E-state index in [2.05, 4.69) is 5.32 Å². The number of hydrogen-bond acceptors (Lipinski definition) is 5. The summed E-state index contributed by atoms with van der Waals surface area (Å²) in [6.07, 6.45) is 0. The number of nitrogens with one attached hydrogen (secondary N) is 1. The van der Waals surface area contributed by atoms with E-state index in [-0.39, 0.29) is 22.9 Å². The Morgan fingerprint density at radius 2 is 2.05 bits per heavy atom. The summed E-state index contributed by atoms with van der Waals surface area (Å²) >= 11 is 0. The molecule has 0 aliphatic heterocycles. The van der Waals surface area contributed by atoms with Crippen molar-refractivity contribution in [2.75, 3.05) is 11.9 Å². The Bertz CT molecular complexity index is 715. The Morgan fingerprint density at radius 3 is 2.73 bits per heavy atom. The van der Waals surface area contributed by atoms with Crippen LogP contribution in [0.3, 0.4) is 0 Å². The second kappa shape index (κ2) is 6.57. The molecule has 22 heavy (non-hydrogen) atoms. The standard InChI is InChI=1S/C15H14N2O5/c1-10-6-7-11(13(18)8-10)16-15(19)9-22-14-5-3-2-4-12(14)17(20)21/h2-8,18H,9H2,1H3,(H,16,19). The lowest BCUT2D eigenvalue weighted by Gasteiger charge is -2.09. The maximum atomic E-state index is 11.8. The van der Waals surface area contributed by atoms with E-state index in [9.17, 15) is 20.0 Å². The maximum Gasteiger partial charge on any atom is 0.310 e. The number of aromatic hydroxyl groups is 1. The highest BCUT2D eigenvalue weighted by Crippen LogP contribution is 2.26. The van der Waals surface area contributed by atoms with Crippen molar-refractivity contribution in [2.24, 2.45) is 0 Å². The lowest BCUT2D eigenvalue weighted by molar-refractivity contribution is -0.385. The summed E-state index contributed by atoms with van der Waals surface area (Å²) in [5.41, 5.74) is 0.891. The smallest absolute Gasteiger partial charge is 0.310 e. The molecule has 0 aliphatic carbocycles. The monoisotopic (exact) mass is 302 g/mol. The first-order valence-corrected chi connectivity index (χ1v) is 6.43. The highest BCUT2D eigenvalue weighted by atomic mass is 16.6. The summed E-state index contributed by atoms with van der Waals surface area (Å²) < 4.78 is 5.16. The number of nitrogens with zero attached hydrogens (tertiary/aromatic N) is 1. The molecule has 0 bridgehead atoms. The molecule has 2 rings (SSSR count). The summed E-state index contributed by atoms with van der Waals surface area (Å²) in [4.78, 5) is 22.0. The van der Waals surface area contributed by atoms with Gasteiger partial charge in [-0.3, -0.25) is 14.9 Å². The molecule has 7 heteroatoms. The van der Waals surface area contributed by atoms with Crippen LogP contribution in [0.5, 0.6) is 11.5 Å². The van der Waals surface area contributed by atoms with E-state index in [1.54, 1.807) is 18.2 Å². The molecular formula is C15H14N2O5. The molecule has 0 saturated carbocycles. The number of para-hydroxylation sites is 2. The highest BCUT2D eigenvalue weighted by molar-refractivity contribution is 5.93. The molecule has 0 spiro atoms. The molecule has 2 N–H and O–H groups in total. The molecule has 114 valence electrons. The minimum absolute atomic E-state index is 0.00998. The van der Waals surface area contributed by atoms with E-state index < -0.39 is 17.4 Å². The Balaban J connectivity index is 2.00. The zero-order chi connectivity index (χ0) is 16.1. The van der Waals surface area contributed by atoms with Gasteiger partial charge in [0.1, 0.15) is 5.75 Å². The minimum Gasteiger partial charge on any atom is -0.506 e. The van der Waals surface area contributed by atoms with E-state index in [0.29, 0.717) is 0 Å². The van der Waals surface area contributed by atoms with Gasteiger partial charge < -0.3 is 15.2 Å². The van der Waals surface area contributed by atoms with Crippen molar-refractivity contribution in [3.8, 4) is 11.5 Å². The molecule has 0 aromatic heterocycles. The number of carbonyl (C=O) groups is 1. The number of ether oxygens (including phenoxy) is 1. The minimum atomic E-state index is -0.584. The summed E-state index contributed by atoms with van der Waals surface area (Å²) in [5, 5.41) is 23.0. The third kappa shape index (κ3) is 3.72. The first-order valence-electron chi connectivity index (χ1n) is 6.43. The average Bonchev–Trinajstić information content (AvgIpc) is 2.48. The van der Waals surface area contributed by atoms with E-state index in [0.717, 1.165) is 5.56 Å². The molecular weight excluding hydrogens is 288 g/mol. The van der Waals surface area contributed by atoms with Gasteiger partial charge in [0.05, 0.1) is 10.6 Å². The molecule has 0 radical (unpaired) electrons. The van der Waals surface area contributed by atoms with Crippen molar-refractivity contribution < 1.29 is 19.6 Å². The maximum absolute atomic E-state index is 11.8. The van der Waals surface area contributed by atoms with Crippen LogP contribution < -0.4 is 10.1 Å². The third-order valence-corrected chi connectivity index (χ3v) is 2.85. The molecule has 0 unspecified atom stereocenters. The first kappa shape index (κ1) is 15.3. The van der Waals surface area contributed by atoms with Crippen LogP contribution in [0, 0.1) is 17.0 Å². The average molecular weight is 302 g/mol. The van der Waals surface area contributed by atoms with Crippen LogP contribution in [0.4, 0.5) is 11.4 Å². The number of rotatable bonds is 5. The van der Waals surface area contributed by atoms with Crippen molar-refractivity contribution in [1.82, 2.24) is 0 Å². The topological polar surface area (TPSA) is 102 Å². The van der Waals surface area contributed by atoms with Crippen molar-refractivity contribution in [3.63, 3.8) is 0 Å². The predicted octanol–water partition coefficient (Wildman–Crippen LogP) is 2.63. The van der Waals surface area contributed by atoms with Crippen LogP contribution in [-0.2, 0) is 4.79 Å². The van der Waals surface area contributed by atoms with Gasteiger partial charge in [-0.2, -0.15) is 0 Å². The summed E-state index contributed by atoms with van der Waals surface area (Å²) in [5.74, 6) is -0.577. The van der Waals surface area contributed by atoms with Gasteiger partial charge in [0.2, 0.25) is 0 Å². The van der Waals surface area contributed by atoms with Crippen LogP contribution in [0.2, 0.25) is 0 Å². The molecule has 0 saturated heterocycles. The van der Waals surface area contributed by atoms with Crippen LogP contribution >= 0.6 is 0 Å². The number of benzene rings is 2. The molecule has 2 aromatic rings. The molecule has 1 amide bonds. The van der Waals surface area contributed by atoms with E-state index in [4.69, 9.17) is 4.74 Å². The number of carbonyl (C=O) groups excluding carboxylic acids is 1. The summed E-state index contributed by atoms with van der Waals surface area (Å²) in [6, 6.07) is 10.6. The van der Waals surface area contributed by atoms with E-state index >= 15 is 0 Å². The fraction of sp³-hybridized carbons (Fsp3) is 0.133. The van der Waals surface area contributed by atoms with Crippen LogP contribution in [0.15, 0.2) is 42.5 Å². The number of anilines is 1. The van der Waals surface area contributed by atoms with Crippen LogP contribution in [-0.4, -0.2) is 22.5 Å². The molecule has 0 fully saturated rings. The van der Waals surface area contributed by atoms with Crippen LogP contribution in [0.1, 0.15) is 5.56 Å². The molecule has 0 aliphatic rings. The lowest BCUT2D eigenvalue weighted by Crippen LogP contribution is -2.20. The fourth-order valence-corrected chi connectivity index (χ4v) is 1.81. The Kier molecular flexibility index (Phi) is 4.57. The highest BCUT2D eigenvalue weighted by Gasteiger charge is 2.15. The van der Waals surface area contributed by atoms with Gasteiger partial charge in [0.15, 0.2) is 12.4 Å². The van der Waals surface area contributed by atoms with E-state index in [1.807, 2.05) is 6.92 Å². The Hall–Kier alpha value is -3.09. The molecule has 0 atom stereocenters. The molecule has 2 aromatic carbocycles.